The van der Waals surface area contributed by atoms with Gasteiger partial charge in [0.2, 0.25) is 0 Å². The van der Waals surface area contributed by atoms with Gasteiger partial charge in [-0.1, -0.05) is 26.0 Å². The number of rotatable bonds is 5. The second kappa shape index (κ2) is 8.39. The third kappa shape index (κ3) is 4.21. The van der Waals surface area contributed by atoms with Crippen molar-refractivity contribution in [1.82, 2.24) is 10.3 Å². The lowest BCUT2D eigenvalue weighted by atomic mass is 10.1. The maximum absolute atomic E-state index is 12.1. The van der Waals surface area contributed by atoms with E-state index in [9.17, 15) is 4.79 Å². The first-order valence-corrected chi connectivity index (χ1v) is 9.56. The van der Waals surface area contributed by atoms with Crippen LogP contribution in [-0.4, -0.2) is 11.5 Å². The van der Waals surface area contributed by atoms with Gasteiger partial charge in [-0.3, -0.25) is 4.98 Å². The number of halogens is 1. The largest absolute Gasteiger partial charge is 0.454 e. The molecule has 5 nitrogen and oxygen atoms in total. The van der Waals surface area contributed by atoms with Crippen molar-refractivity contribution in [2.45, 2.75) is 34.2 Å². The van der Waals surface area contributed by atoms with Crippen molar-refractivity contribution in [1.29, 1.82) is 0 Å². The maximum atomic E-state index is 12.1. The molecule has 0 atom stereocenters. The molecule has 0 aliphatic rings. The van der Waals surface area contributed by atoms with Crippen LogP contribution in [0.3, 0.4) is 0 Å². The Bertz CT molecular complexity index is 1220. The number of nitrogens with zero attached hydrogens (tertiary/aromatic N) is 1. The summed E-state index contributed by atoms with van der Waals surface area (Å²) in [5.41, 5.74) is 4.63. The van der Waals surface area contributed by atoms with Gasteiger partial charge in [-0.25, -0.2) is 4.79 Å². The molecule has 0 unspecified atom stereocenters. The molecule has 4 aromatic rings. The first-order valence-electron chi connectivity index (χ1n) is 9.56. The summed E-state index contributed by atoms with van der Waals surface area (Å²) in [7, 11) is 0. The molecule has 0 bridgehead atoms. The van der Waals surface area contributed by atoms with E-state index in [0.29, 0.717) is 17.3 Å². The molecule has 0 spiro atoms. The number of hydrogen-bond acceptors (Lipinski definition) is 5. The van der Waals surface area contributed by atoms with Crippen molar-refractivity contribution in [3.05, 3.63) is 63.8 Å². The van der Waals surface area contributed by atoms with E-state index in [1.54, 1.807) is 0 Å². The first kappa shape index (κ1) is 21.1. The highest BCUT2D eigenvalue weighted by atomic mass is 35.5. The van der Waals surface area contributed by atoms with Crippen molar-refractivity contribution < 1.29 is 8.83 Å². The number of fused-ring (bicyclic) bond motifs is 2. The van der Waals surface area contributed by atoms with Crippen LogP contribution in [0.4, 0.5) is 0 Å². The Morgan fingerprint density at radius 3 is 2.62 bits per heavy atom. The SMILES string of the molecule is Cc1ccc2c(-c3cc4c(CNCC(C)C)cnc(C)c4o3)cc(=O)oc2c1.Cl. The Morgan fingerprint density at radius 1 is 1.07 bits per heavy atom. The summed E-state index contributed by atoms with van der Waals surface area (Å²) in [4.78, 5) is 16.6. The standard InChI is InChI=1S/C23H24N2O3.ClH/c1-13(2)10-24-11-16-12-25-15(4)23-18(16)8-21(28-23)19-9-22(26)27-20-7-14(3)5-6-17(19)20;/h5-9,12-13,24H,10-11H2,1-4H3;1H. The Kier molecular flexibility index (Phi) is 6.10. The summed E-state index contributed by atoms with van der Waals surface area (Å²) in [5.74, 6) is 1.23. The van der Waals surface area contributed by atoms with E-state index in [4.69, 9.17) is 8.83 Å². The minimum absolute atomic E-state index is 0. The molecular formula is C23H25ClN2O3. The van der Waals surface area contributed by atoms with E-state index < -0.39 is 0 Å². The Morgan fingerprint density at radius 2 is 1.86 bits per heavy atom. The molecule has 0 saturated carbocycles. The van der Waals surface area contributed by atoms with Crippen LogP contribution in [-0.2, 0) is 6.54 Å². The lowest BCUT2D eigenvalue weighted by molar-refractivity contribution is 0.552. The van der Waals surface area contributed by atoms with Gasteiger partial charge in [-0.15, -0.1) is 12.4 Å². The van der Waals surface area contributed by atoms with Crippen LogP contribution < -0.4 is 10.9 Å². The predicted molar refractivity (Wildman–Crippen MR) is 119 cm³/mol. The van der Waals surface area contributed by atoms with E-state index in [0.717, 1.165) is 51.8 Å². The average molecular weight is 413 g/mol. The molecule has 29 heavy (non-hydrogen) atoms. The summed E-state index contributed by atoms with van der Waals surface area (Å²) in [6, 6.07) is 9.34. The molecule has 0 amide bonds. The zero-order chi connectivity index (χ0) is 19.8. The summed E-state index contributed by atoms with van der Waals surface area (Å²) in [6.45, 7) is 9.92. The predicted octanol–water partition coefficient (Wildman–Crippen LogP) is 5.39. The van der Waals surface area contributed by atoms with Gasteiger partial charge in [0, 0.05) is 35.1 Å². The molecule has 1 aromatic carbocycles. The minimum atomic E-state index is -0.387. The third-order valence-corrected chi connectivity index (χ3v) is 4.85. The fourth-order valence-electron chi connectivity index (χ4n) is 3.44. The molecule has 0 radical (unpaired) electrons. The third-order valence-electron chi connectivity index (χ3n) is 4.85. The Labute approximate surface area is 175 Å². The van der Waals surface area contributed by atoms with E-state index in [2.05, 4.69) is 24.1 Å². The zero-order valence-corrected chi connectivity index (χ0v) is 17.9. The molecule has 0 aliphatic heterocycles. The minimum Gasteiger partial charge on any atom is -0.454 e. The summed E-state index contributed by atoms with van der Waals surface area (Å²) in [5, 5.41) is 5.34. The molecule has 3 aromatic heterocycles. The molecule has 4 rings (SSSR count). The molecular weight excluding hydrogens is 388 g/mol. The number of pyridine rings is 1. The van der Waals surface area contributed by atoms with Gasteiger partial charge in [-0.2, -0.15) is 0 Å². The van der Waals surface area contributed by atoms with Crippen LogP contribution in [0.1, 0.15) is 30.7 Å². The highest BCUT2D eigenvalue weighted by Gasteiger charge is 2.16. The van der Waals surface area contributed by atoms with E-state index in [1.165, 1.54) is 6.07 Å². The Hall–Kier alpha value is -2.63. The number of furan rings is 1. The quantitative estimate of drug-likeness (QED) is 0.445. The lowest BCUT2D eigenvalue weighted by Gasteiger charge is -2.08. The molecule has 152 valence electrons. The number of hydrogen-bond donors (Lipinski definition) is 1. The topological polar surface area (TPSA) is 68.3 Å². The Balaban J connectivity index is 0.00000240. The van der Waals surface area contributed by atoms with Gasteiger partial charge >= 0.3 is 5.63 Å². The van der Waals surface area contributed by atoms with E-state index >= 15 is 0 Å². The lowest BCUT2D eigenvalue weighted by Crippen LogP contribution is -2.19. The van der Waals surface area contributed by atoms with Gasteiger partial charge in [-0.05, 0) is 49.6 Å². The van der Waals surface area contributed by atoms with Gasteiger partial charge in [0.25, 0.3) is 0 Å². The van der Waals surface area contributed by atoms with Crippen LogP contribution >= 0.6 is 12.4 Å². The number of benzene rings is 1. The number of nitrogens with one attached hydrogen (secondary N) is 1. The average Bonchev–Trinajstić information content (AvgIpc) is 3.08. The second-order valence-corrected chi connectivity index (χ2v) is 7.73. The molecule has 6 heteroatoms. The summed E-state index contributed by atoms with van der Waals surface area (Å²) < 4.78 is 11.6. The molecule has 0 aliphatic carbocycles. The van der Waals surface area contributed by atoms with Crippen molar-refractivity contribution >= 4 is 34.3 Å². The monoisotopic (exact) mass is 412 g/mol. The van der Waals surface area contributed by atoms with Crippen molar-refractivity contribution in [3.8, 4) is 11.3 Å². The van der Waals surface area contributed by atoms with Crippen LogP contribution in [0.25, 0.3) is 33.3 Å². The van der Waals surface area contributed by atoms with Gasteiger partial charge in [0.1, 0.15) is 11.3 Å². The van der Waals surface area contributed by atoms with Crippen LogP contribution in [0.2, 0.25) is 0 Å². The van der Waals surface area contributed by atoms with Crippen molar-refractivity contribution in [2.75, 3.05) is 6.54 Å². The molecule has 1 N–H and O–H groups in total. The van der Waals surface area contributed by atoms with Crippen LogP contribution in [0.5, 0.6) is 0 Å². The van der Waals surface area contributed by atoms with Gasteiger partial charge in [0.05, 0.1) is 5.69 Å². The normalized spacial score (nSPS) is 11.3. The van der Waals surface area contributed by atoms with Gasteiger partial charge in [0.15, 0.2) is 5.58 Å². The molecule has 3 heterocycles. The number of aryl methyl sites for hydroxylation is 2. The second-order valence-electron chi connectivity index (χ2n) is 7.73. The van der Waals surface area contributed by atoms with E-state index in [-0.39, 0.29) is 18.0 Å². The summed E-state index contributed by atoms with van der Waals surface area (Å²) in [6.07, 6.45) is 1.89. The zero-order valence-electron chi connectivity index (χ0n) is 17.0. The van der Waals surface area contributed by atoms with Crippen molar-refractivity contribution in [2.24, 2.45) is 5.92 Å². The molecule has 0 fully saturated rings. The summed E-state index contributed by atoms with van der Waals surface area (Å²) >= 11 is 0. The van der Waals surface area contributed by atoms with Gasteiger partial charge < -0.3 is 14.2 Å². The highest BCUT2D eigenvalue weighted by molar-refractivity contribution is 5.95. The fraction of sp³-hybridized carbons (Fsp3) is 0.304. The maximum Gasteiger partial charge on any atom is 0.336 e. The first-order chi connectivity index (χ1) is 13.4. The smallest absolute Gasteiger partial charge is 0.336 e. The fourth-order valence-corrected chi connectivity index (χ4v) is 3.44. The van der Waals surface area contributed by atoms with Crippen LogP contribution in [0, 0.1) is 19.8 Å². The van der Waals surface area contributed by atoms with Crippen LogP contribution in [0.15, 0.2) is 50.2 Å². The highest BCUT2D eigenvalue weighted by Crippen LogP contribution is 2.34. The van der Waals surface area contributed by atoms with E-state index in [1.807, 2.05) is 44.3 Å². The number of aromatic nitrogens is 1. The van der Waals surface area contributed by atoms with Crippen molar-refractivity contribution in [3.63, 3.8) is 0 Å². The molecule has 0 saturated heterocycles.